The van der Waals surface area contributed by atoms with Gasteiger partial charge in [-0.05, 0) is 31.0 Å². The van der Waals surface area contributed by atoms with Gasteiger partial charge in [0.25, 0.3) is 5.91 Å². The second-order valence-corrected chi connectivity index (χ2v) is 7.60. The summed E-state index contributed by atoms with van der Waals surface area (Å²) in [5.74, 6) is -0.481. The van der Waals surface area contributed by atoms with Gasteiger partial charge in [-0.15, -0.1) is 0 Å². The minimum atomic E-state index is -4.48. The molecule has 0 aliphatic heterocycles. The Hall–Kier alpha value is -3.17. The molecule has 1 aliphatic rings. The zero-order valence-electron chi connectivity index (χ0n) is 17.1. The van der Waals surface area contributed by atoms with E-state index in [9.17, 15) is 22.8 Å². The number of carbonyl (C=O) groups is 2. The number of aromatic nitrogens is 2. The molecule has 1 saturated carbocycles. The number of Topliss-reactive ketones (excluding diaryl/α,β-unsaturated/α-hetero) is 1. The number of pyridine rings is 2. The monoisotopic (exact) mass is 437 g/mol. The molecule has 0 atom stereocenters. The Kier molecular flexibility index (Phi) is 6.47. The Morgan fingerprint density at radius 2 is 1.97 bits per heavy atom. The number of carbonyl (C=O) groups excluding carboxylic acids is 2. The van der Waals surface area contributed by atoms with Crippen LogP contribution in [-0.4, -0.2) is 41.6 Å². The lowest BCUT2D eigenvalue weighted by molar-refractivity contribution is -0.154. The number of rotatable bonds is 9. The summed E-state index contributed by atoms with van der Waals surface area (Å²) in [7, 11) is 1.31. The zero-order valence-corrected chi connectivity index (χ0v) is 17.1. The van der Waals surface area contributed by atoms with E-state index in [4.69, 9.17) is 4.74 Å². The van der Waals surface area contributed by atoms with Gasteiger partial charge < -0.3 is 14.8 Å². The second-order valence-electron chi connectivity index (χ2n) is 7.60. The van der Waals surface area contributed by atoms with E-state index < -0.39 is 18.7 Å². The zero-order chi connectivity index (χ0) is 22.6. The molecular weight excluding hydrogens is 415 g/mol. The maximum atomic E-state index is 12.5. The minimum absolute atomic E-state index is 0.0310. The molecule has 1 fully saturated rings. The number of nitrogens with one attached hydrogen (secondary N) is 1. The normalized spacial score (nSPS) is 14.6. The number of methoxy groups -OCH3 is 1. The molecule has 2 heterocycles. The van der Waals surface area contributed by atoms with E-state index in [0.29, 0.717) is 16.8 Å². The van der Waals surface area contributed by atoms with E-state index in [1.165, 1.54) is 31.5 Å². The van der Waals surface area contributed by atoms with Gasteiger partial charge in [0.2, 0.25) is 11.8 Å². The van der Waals surface area contributed by atoms with Gasteiger partial charge in [0.05, 0.1) is 7.11 Å². The van der Waals surface area contributed by atoms with Crippen molar-refractivity contribution in [2.45, 2.75) is 38.9 Å². The lowest BCUT2D eigenvalue weighted by Crippen LogP contribution is -2.24. The van der Waals surface area contributed by atoms with Crippen LogP contribution in [0.25, 0.3) is 0 Å². The number of halogens is 3. The summed E-state index contributed by atoms with van der Waals surface area (Å²) in [6.45, 7) is 0.487. The second kappa shape index (κ2) is 8.91. The van der Waals surface area contributed by atoms with Crippen LogP contribution in [0.2, 0.25) is 0 Å². The summed E-state index contributed by atoms with van der Waals surface area (Å²) >= 11 is 0. The van der Waals surface area contributed by atoms with Crippen molar-refractivity contribution in [3.63, 3.8) is 0 Å². The van der Waals surface area contributed by atoms with Crippen LogP contribution in [0.3, 0.4) is 0 Å². The molecular formula is C21H22F3N3O4. The van der Waals surface area contributed by atoms with Gasteiger partial charge in [0.15, 0.2) is 6.61 Å². The predicted octanol–water partition coefficient (Wildman–Crippen LogP) is 3.27. The minimum Gasteiger partial charge on any atom is -0.481 e. The molecule has 0 bridgehead atoms. The highest BCUT2D eigenvalue weighted by Gasteiger charge is 2.44. The summed E-state index contributed by atoms with van der Waals surface area (Å²) in [5, 5.41) is 2.70. The van der Waals surface area contributed by atoms with E-state index in [0.717, 1.165) is 12.8 Å². The molecule has 7 nitrogen and oxygen atoms in total. The van der Waals surface area contributed by atoms with Crippen molar-refractivity contribution in [2.24, 2.45) is 5.41 Å². The number of hydrogen-bond donors (Lipinski definition) is 1. The first-order valence-electron chi connectivity index (χ1n) is 9.59. The van der Waals surface area contributed by atoms with Crippen LogP contribution in [0.1, 0.15) is 41.4 Å². The van der Waals surface area contributed by atoms with Crippen molar-refractivity contribution in [3.8, 4) is 11.8 Å². The standard InChI is InChI=1S/C21H22F3N3O4/c1-20(6-7-20)16(28)10-15-9-13(5-8-25-15)18(29)26-11-14-3-4-17(27-19(14)30-2)31-12-21(22,23)24/h3-5,8-9H,6-7,10-12H2,1-2H3,(H,26,29). The quantitative estimate of drug-likeness (QED) is 0.648. The highest BCUT2D eigenvalue weighted by molar-refractivity contribution is 5.94. The third kappa shape index (κ3) is 6.16. The Bertz CT molecular complexity index is 975. The van der Waals surface area contributed by atoms with Gasteiger partial charge in [-0.25, -0.2) is 0 Å². The Balaban J connectivity index is 1.61. The average molecular weight is 437 g/mol. The highest BCUT2D eigenvalue weighted by atomic mass is 19.4. The summed E-state index contributed by atoms with van der Waals surface area (Å²) in [6.07, 6.45) is -1.08. The van der Waals surface area contributed by atoms with Crippen LogP contribution in [-0.2, 0) is 17.8 Å². The van der Waals surface area contributed by atoms with Crippen molar-refractivity contribution < 1.29 is 32.2 Å². The van der Waals surface area contributed by atoms with E-state index >= 15 is 0 Å². The Morgan fingerprint density at radius 3 is 2.61 bits per heavy atom. The molecule has 2 aromatic heterocycles. The van der Waals surface area contributed by atoms with Crippen LogP contribution in [0.4, 0.5) is 13.2 Å². The van der Waals surface area contributed by atoms with Crippen molar-refractivity contribution in [1.29, 1.82) is 0 Å². The molecule has 0 unspecified atom stereocenters. The topological polar surface area (TPSA) is 90.4 Å². The first-order chi connectivity index (χ1) is 14.6. The van der Waals surface area contributed by atoms with Crippen LogP contribution in [0.15, 0.2) is 30.5 Å². The number of amides is 1. The van der Waals surface area contributed by atoms with Gasteiger partial charge >= 0.3 is 6.18 Å². The van der Waals surface area contributed by atoms with Crippen molar-refractivity contribution >= 4 is 11.7 Å². The number of ether oxygens (including phenoxy) is 2. The number of hydrogen-bond acceptors (Lipinski definition) is 6. The predicted molar refractivity (Wildman–Crippen MR) is 104 cm³/mol. The largest absolute Gasteiger partial charge is 0.481 e. The molecule has 1 N–H and O–H groups in total. The fourth-order valence-corrected chi connectivity index (χ4v) is 2.84. The number of ketones is 1. The van der Waals surface area contributed by atoms with Crippen LogP contribution in [0, 0.1) is 5.41 Å². The molecule has 31 heavy (non-hydrogen) atoms. The van der Waals surface area contributed by atoms with Crippen LogP contribution in [0.5, 0.6) is 11.8 Å². The van der Waals surface area contributed by atoms with Gasteiger partial charge in [-0.1, -0.05) is 6.92 Å². The smallest absolute Gasteiger partial charge is 0.422 e. The van der Waals surface area contributed by atoms with Gasteiger partial charge in [-0.2, -0.15) is 18.2 Å². The molecule has 3 rings (SSSR count). The van der Waals surface area contributed by atoms with Gasteiger partial charge in [0.1, 0.15) is 5.78 Å². The molecule has 0 saturated heterocycles. The van der Waals surface area contributed by atoms with Crippen molar-refractivity contribution in [2.75, 3.05) is 13.7 Å². The molecule has 0 aromatic carbocycles. The molecule has 2 aromatic rings. The van der Waals surface area contributed by atoms with Gasteiger partial charge in [-0.3, -0.25) is 14.6 Å². The molecule has 166 valence electrons. The van der Waals surface area contributed by atoms with E-state index in [-0.39, 0.29) is 35.9 Å². The van der Waals surface area contributed by atoms with Gasteiger partial charge in [0, 0.05) is 47.5 Å². The van der Waals surface area contributed by atoms with Crippen molar-refractivity contribution in [1.82, 2.24) is 15.3 Å². The lowest BCUT2D eigenvalue weighted by Gasteiger charge is -2.12. The molecule has 0 radical (unpaired) electrons. The van der Waals surface area contributed by atoms with E-state index in [2.05, 4.69) is 20.0 Å². The maximum Gasteiger partial charge on any atom is 0.422 e. The molecule has 10 heteroatoms. The third-order valence-electron chi connectivity index (χ3n) is 5.02. The Morgan fingerprint density at radius 1 is 1.23 bits per heavy atom. The van der Waals surface area contributed by atoms with E-state index in [1.807, 2.05) is 6.92 Å². The molecule has 1 aliphatic carbocycles. The Labute approximate surface area is 177 Å². The number of nitrogens with zero attached hydrogens (tertiary/aromatic N) is 2. The fraction of sp³-hybridized carbons (Fsp3) is 0.429. The molecule has 1 amide bonds. The van der Waals surface area contributed by atoms with Crippen LogP contribution < -0.4 is 14.8 Å². The third-order valence-corrected chi connectivity index (χ3v) is 5.02. The SMILES string of the molecule is COc1nc(OCC(F)(F)F)ccc1CNC(=O)c1ccnc(CC(=O)C2(C)CC2)c1. The summed E-state index contributed by atoms with van der Waals surface area (Å²) in [4.78, 5) is 32.8. The maximum absolute atomic E-state index is 12.5. The highest BCUT2D eigenvalue weighted by Crippen LogP contribution is 2.46. The lowest BCUT2D eigenvalue weighted by atomic mass is 9.99. The van der Waals surface area contributed by atoms with Crippen LogP contribution >= 0.6 is 0 Å². The fourth-order valence-electron chi connectivity index (χ4n) is 2.84. The first-order valence-corrected chi connectivity index (χ1v) is 9.59. The van der Waals surface area contributed by atoms with Crippen molar-refractivity contribution in [3.05, 3.63) is 47.3 Å². The summed E-state index contributed by atoms with van der Waals surface area (Å²) in [5.41, 5.74) is 1.06. The number of alkyl halides is 3. The molecule has 0 spiro atoms. The summed E-state index contributed by atoms with van der Waals surface area (Å²) in [6, 6.07) is 5.84. The van der Waals surface area contributed by atoms with E-state index in [1.54, 1.807) is 6.07 Å². The summed E-state index contributed by atoms with van der Waals surface area (Å²) < 4.78 is 46.5. The average Bonchev–Trinajstić information content (AvgIpc) is 3.49. The first kappa shape index (κ1) is 22.5.